The van der Waals surface area contributed by atoms with Crippen LogP contribution >= 0.6 is 0 Å². The third kappa shape index (κ3) is 4.96. The molecule has 0 aliphatic rings. The van der Waals surface area contributed by atoms with Crippen molar-refractivity contribution in [1.82, 2.24) is 0 Å². The van der Waals surface area contributed by atoms with Crippen LogP contribution in [0.15, 0.2) is 58.3 Å². The Morgan fingerprint density at radius 3 is 1.22 bits per heavy atom. The summed E-state index contributed by atoms with van der Waals surface area (Å²) in [6, 6.07) is 11.0. The zero-order chi connectivity index (χ0) is 17.1. The predicted octanol–water partition coefficient (Wildman–Crippen LogP) is -0.294. The first-order valence-corrected chi connectivity index (χ1v) is 9.27. The number of nitrogens with two attached hydrogens (primary N) is 2. The van der Waals surface area contributed by atoms with Crippen LogP contribution in [0.4, 0.5) is 0 Å². The summed E-state index contributed by atoms with van der Waals surface area (Å²) in [7, 11) is -7.64. The summed E-state index contributed by atoms with van der Waals surface area (Å²) in [4.78, 5) is -0.0475. The molecule has 0 saturated carbocycles. The van der Waals surface area contributed by atoms with E-state index in [0.29, 0.717) is 11.5 Å². The Morgan fingerprint density at radius 1 is 0.652 bits per heavy atom. The van der Waals surface area contributed by atoms with Gasteiger partial charge in [-0.1, -0.05) is 0 Å². The first-order chi connectivity index (χ1) is 10.7. The Morgan fingerprint density at radius 2 is 0.957 bits per heavy atom. The van der Waals surface area contributed by atoms with Crippen LogP contribution in [0.25, 0.3) is 0 Å². The van der Waals surface area contributed by atoms with Gasteiger partial charge in [-0.3, -0.25) is 0 Å². The molecule has 11 heteroatoms. The van der Waals surface area contributed by atoms with E-state index in [0.717, 1.165) is 0 Å². The van der Waals surface area contributed by atoms with Gasteiger partial charge < -0.3 is 9.31 Å². The molecule has 0 spiro atoms. The molecule has 0 unspecified atom stereocenters. The summed E-state index contributed by atoms with van der Waals surface area (Å²) < 4.78 is 55.0. The molecule has 0 amide bonds. The van der Waals surface area contributed by atoms with E-state index in [9.17, 15) is 16.8 Å². The van der Waals surface area contributed by atoms with Gasteiger partial charge in [0.1, 0.15) is 11.5 Å². The minimum atomic E-state index is -3.75. The lowest BCUT2D eigenvalue weighted by Gasteiger charge is -2.08. The molecule has 122 valence electrons. The van der Waals surface area contributed by atoms with Crippen LogP contribution in [0.1, 0.15) is 0 Å². The lowest BCUT2D eigenvalue weighted by Crippen LogP contribution is -2.13. The molecule has 2 aromatic carbocycles. The highest BCUT2D eigenvalue weighted by atomic mass is 32.2. The maximum Gasteiger partial charge on any atom is 0.576 e. The van der Waals surface area contributed by atoms with Crippen molar-refractivity contribution in [2.24, 2.45) is 10.3 Å². The Balaban J connectivity index is 1.92. The van der Waals surface area contributed by atoms with E-state index in [1.54, 1.807) is 0 Å². The number of hydrogen-bond donors (Lipinski definition) is 2. The van der Waals surface area contributed by atoms with Gasteiger partial charge in [0.25, 0.3) is 0 Å². The molecular formula is C12H13BN2O6S2. The van der Waals surface area contributed by atoms with E-state index in [-0.39, 0.29) is 17.5 Å². The van der Waals surface area contributed by atoms with Gasteiger partial charge in [0.15, 0.2) is 0 Å². The average molecular weight is 356 g/mol. The molecule has 0 heterocycles. The Bertz CT molecular complexity index is 805. The van der Waals surface area contributed by atoms with Crippen molar-refractivity contribution in [3.8, 4) is 11.5 Å². The molecule has 0 radical (unpaired) electrons. The van der Waals surface area contributed by atoms with E-state index >= 15 is 0 Å². The van der Waals surface area contributed by atoms with E-state index in [1.807, 2.05) is 0 Å². The van der Waals surface area contributed by atoms with Crippen LogP contribution in [-0.2, 0) is 20.0 Å². The third-order valence-corrected chi connectivity index (χ3v) is 4.61. The number of primary sulfonamides is 2. The van der Waals surface area contributed by atoms with E-state index < -0.39 is 20.0 Å². The van der Waals surface area contributed by atoms with Gasteiger partial charge in [-0.2, -0.15) is 0 Å². The largest absolute Gasteiger partial charge is 0.576 e. The fourth-order valence-electron chi connectivity index (χ4n) is 1.62. The zero-order valence-corrected chi connectivity index (χ0v) is 13.4. The normalized spacial score (nSPS) is 11.7. The molecule has 0 bridgehead atoms. The molecule has 23 heavy (non-hydrogen) atoms. The fourth-order valence-corrected chi connectivity index (χ4v) is 2.65. The van der Waals surface area contributed by atoms with E-state index in [2.05, 4.69) is 0 Å². The van der Waals surface area contributed by atoms with Crippen molar-refractivity contribution in [1.29, 1.82) is 0 Å². The number of hydrogen-bond acceptors (Lipinski definition) is 6. The molecule has 0 saturated heterocycles. The van der Waals surface area contributed by atoms with E-state index in [4.69, 9.17) is 19.6 Å². The fraction of sp³-hybridized carbons (Fsp3) is 0. The Kier molecular flexibility index (Phi) is 4.95. The molecule has 0 atom stereocenters. The maximum atomic E-state index is 11.1. The van der Waals surface area contributed by atoms with Crippen molar-refractivity contribution < 1.29 is 26.1 Å². The van der Waals surface area contributed by atoms with Gasteiger partial charge in [0, 0.05) is 0 Å². The van der Waals surface area contributed by atoms with E-state index in [1.165, 1.54) is 48.5 Å². The second kappa shape index (κ2) is 6.58. The van der Waals surface area contributed by atoms with Gasteiger partial charge in [-0.15, -0.1) is 0 Å². The molecular weight excluding hydrogens is 343 g/mol. The van der Waals surface area contributed by atoms with Gasteiger partial charge in [-0.05, 0) is 48.5 Å². The summed E-state index contributed by atoms with van der Waals surface area (Å²) in [6.07, 6.45) is 0. The highest BCUT2D eigenvalue weighted by Gasteiger charge is 2.09. The van der Waals surface area contributed by atoms with Crippen LogP contribution in [0.5, 0.6) is 11.5 Å². The molecule has 2 aromatic rings. The SMILES string of the molecule is NS(=O)(=O)c1ccc(OBOc2ccc(S(N)(=O)=O)cc2)cc1. The molecule has 0 aliphatic heterocycles. The second-order valence-electron chi connectivity index (χ2n) is 4.44. The highest BCUT2D eigenvalue weighted by Crippen LogP contribution is 2.16. The van der Waals surface area contributed by atoms with Crippen molar-refractivity contribution in [2.45, 2.75) is 9.79 Å². The van der Waals surface area contributed by atoms with Crippen molar-refractivity contribution in [3.05, 3.63) is 48.5 Å². The molecule has 0 aliphatic carbocycles. The highest BCUT2D eigenvalue weighted by molar-refractivity contribution is 7.89. The molecule has 8 nitrogen and oxygen atoms in total. The summed E-state index contributed by atoms with van der Waals surface area (Å²) in [5.74, 6) is 0.775. The lowest BCUT2D eigenvalue weighted by molar-refractivity contribution is 0.458. The number of sulfonamides is 2. The Hall–Kier alpha value is -2.08. The summed E-state index contributed by atoms with van der Waals surface area (Å²) in [6.45, 7) is 0. The van der Waals surface area contributed by atoms with Crippen molar-refractivity contribution >= 4 is 27.7 Å². The predicted molar refractivity (Wildman–Crippen MR) is 84.0 cm³/mol. The van der Waals surface area contributed by atoms with Gasteiger partial charge in [0.2, 0.25) is 20.0 Å². The van der Waals surface area contributed by atoms with Crippen molar-refractivity contribution in [2.75, 3.05) is 0 Å². The monoisotopic (exact) mass is 356 g/mol. The summed E-state index contributed by atoms with van der Waals surface area (Å²) >= 11 is 0. The standard InChI is InChI=1S/C12H13BN2O6S2/c14-22(16,17)11-5-1-9(2-6-11)20-13-21-10-3-7-12(8-4-10)23(15,18)19/h1-8,13H,(H2,14,16,17)(H2,15,18,19). The molecule has 4 N–H and O–H groups in total. The number of rotatable bonds is 6. The van der Waals surface area contributed by atoms with Gasteiger partial charge in [0.05, 0.1) is 9.79 Å². The lowest BCUT2D eigenvalue weighted by atomic mass is 10.3. The molecule has 2 rings (SSSR count). The quantitative estimate of drug-likeness (QED) is 0.682. The second-order valence-corrected chi connectivity index (χ2v) is 7.56. The van der Waals surface area contributed by atoms with Crippen LogP contribution in [-0.4, -0.2) is 24.5 Å². The minimum Gasteiger partial charge on any atom is -0.529 e. The zero-order valence-electron chi connectivity index (χ0n) is 11.7. The van der Waals surface area contributed by atoms with Crippen molar-refractivity contribution in [3.63, 3.8) is 0 Å². The number of benzene rings is 2. The topological polar surface area (TPSA) is 139 Å². The van der Waals surface area contributed by atoms with Gasteiger partial charge >= 0.3 is 7.69 Å². The smallest absolute Gasteiger partial charge is 0.529 e. The average Bonchev–Trinajstić information content (AvgIpc) is 2.46. The van der Waals surface area contributed by atoms with Crippen LogP contribution in [0.3, 0.4) is 0 Å². The third-order valence-electron chi connectivity index (χ3n) is 2.76. The first kappa shape index (κ1) is 17.3. The maximum absolute atomic E-state index is 11.1. The first-order valence-electron chi connectivity index (χ1n) is 6.17. The van der Waals surface area contributed by atoms with Crippen LogP contribution in [0, 0.1) is 0 Å². The summed E-state index contributed by atoms with van der Waals surface area (Å²) in [5.41, 5.74) is 0. The van der Waals surface area contributed by atoms with Crippen LogP contribution in [0.2, 0.25) is 0 Å². The minimum absolute atomic E-state index is 0.0237. The summed E-state index contributed by atoms with van der Waals surface area (Å²) in [5, 5.41) is 9.96. The van der Waals surface area contributed by atoms with Crippen LogP contribution < -0.4 is 19.6 Å². The molecule has 0 fully saturated rings. The van der Waals surface area contributed by atoms with Gasteiger partial charge in [-0.25, -0.2) is 27.1 Å². The Labute approximate surface area is 134 Å². The molecule has 0 aromatic heterocycles.